The van der Waals surface area contributed by atoms with Crippen LogP contribution in [0.3, 0.4) is 0 Å². The van der Waals surface area contributed by atoms with E-state index in [1.165, 1.54) is 0 Å². The van der Waals surface area contributed by atoms with Gasteiger partial charge < -0.3 is 4.57 Å². The number of rotatable bonds is 1. The van der Waals surface area contributed by atoms with Gasteiger partial charge in [-0.25, -0.2) is 4.98 Å². The molecule has 0 saturated heterocycles. The van der Waals surface area contributed by atoms with Gasteiger partial charge >= 0.3 is 0 Å². The predicted octanol–water partition coefficient (Wildman–Crippen LogP) is 1.72. The number of nitrogens with zero attached hydrogens (tertiary/aromatic N) is 2. The highest BCUT2D eigenvalue weighted by Gasteiger charge is 2.04. The predicted molar refractivity (Wildman–Crippen MR) is 56.4 cm³/mol. The van der Waals surface area contributed by atoms with Gasteiger partial charge in [-0.3, -0.25) is 4.79 Å². The highest BCUT2D eigenvalue weighted by Crippen LogP contribution is 2.08. The minimum atomic E-state index is 0.0512. The van der Waals surface area contributed by atoms with Crippen molar-refractivity contribution >= 4 is 11.0 Å². The Morgan fingerprint density at radius 2 is 2.29 bits per heavy atom. The Bertz CT molecular complexity index is 528. The summed E-state index contributed by atoms with van der Waals surface area (Å²) in [5, 5.41) is 0.694. The molecular formula is C11H12N2O. The second kappa shape index (κ2) is 3.25. The molecule has 14 heavy (non-hydrogen) atoms. The van der Waals surface area contributed by atoms with Gasteiger partial charge in [0.25, 0.3) is 0 Å². The van der Waals surface area contributed by atoms with Gasteiger partial charge in [0.05, 0.1) is 5.39 Å². The number of aryl methyl sites for hydroxylation is 2. The fourth-order valence-corrected chi connectivity index (χ4v) is 1.72. The van der Waals surface area contributed by atoms with Crippen molar-refractivity contribution in [1.82, 2.24) is 9.55 Å². The molecule has 0 unspecified atom stereocenters. The first kappa shape index (κ1) is 8.94. The summed E-state index contributed by atoms with van der Waals surface area (Å²) in [5.41, 5.74) is 1.79. The van der Waals surface area contributed by atoms with Crippen LogP contribution in [0.5, 0.6) is 0 Å². The van der Waals surface area contributed by atoms with Crippen LogP contribution >= 0.6 is 0 Å². The molecule has 0 aromatic carbocycles. The Balaban J connectivity index is 2.98. The molecule has 0 aliphatic rings. The van der Waals surface area contributed by atoms with Gasteiger partial charge in [-0.2, -0.15) is 0 Å². The molecule has 3 heteroatoms. The summed E-state index contributed by atoms with van der Waals surface area (Å²) in [6.45, 7) is 4.81. The monoisotopic (exact) mass is 188 g/mol. The Hall–Kier alpha value is -1.64. The zero-order valence-corrected chi connectivity index (χ0v) is 8.32. The van der Waals surface area contributed by atoms with E-state index < -0.39 is 0 Å². The van der Waals surface area contributed by atoms with Crippen LogP contribution in [-0.2, 0) is 6.54 Å². The summed E-state index contributed by atoms with van der Waals surface area (Å²) in [7, 11) is 0. The van der Waals surface area contributed by atoms with Crippen LogP contribution in [0.15, 0.2) is 29.2 Å². The van der Waals surface area contributed by atoms with Crippen LogP contribution < -0.4 is 5.43 Å². The third-order valence-electron chi connectivity index (χ3n) is 2.39. The minimum Gasteiger partial charge on any atom is -0.330 e. The minimum absolute atomic E-state index is 0.0512. The average Bonchev–Trinajstić information content (AvgIpc) is 2.18. The maximum absolute atomic E-state index is 11.6. The molecule has 72 valence electrons. The fraction of sp³-hybridized carbons (Fsp3) is 0.273. The van der Waals surface area contributed by atoms with Gasteiger partial charge in [0.15, 0.2) is 5.43 Å². The summed E-state index contributed by atoms with van der Waals surface area (Å²) in [6.07, 6.45) is 1.72. The van der Waals surface area contributed by atoms with Crippen LogP contribution in [0, 0.1) is 6.92 Å². The van der Waals surface area contributed by atoms with E-state index in [0.29, 0.717) is 5.39 Å². The first-order chi connectivity index (χ1) is 6.74. The lowest BCUT2D eigenvalue weighted by Crippen LogP contribution is -2.12. The van der Waals surface area contributed by atoms with E-state index in [1.54, 1.807) is 18.3 Å². The molecule has 2 aromatic rings. The lowest BCUT2D eigenvalue weighted by atomic mass is 10.2. The summed E-state index contributed by atoms with van der Waals surface area (Å²) in [5.74, 6) is 0. The molecule has 0 saturated carbocycles. The second-order valence-corrected chi connectivity index (χ2v) is 3.27. The maximum atomic E-state index is 11.6. The summed E-state index contributed by atoms with van der Waals surface area (Å²) in [4.78, 5) is 15.9. The summed E-state index contributed by atoms with van der Waals surface area (Å²) in [6, 6.07) is 5.27. The zero-order chi connectivity index (χ0) is 10.1. The fourth-order valence-electron chi connectivity index (χ4n) is 1.72. The molecule has 3 nitrogen and oxygen atoms in total. The van der Waals surface area contributed by atoms with E-state index in [0.717, 1.165) is 17.9 Å². The lowest BCUT2D eigenvalue weighted by molar-refractivity contribution is 0.748. The van der Waals surface area contributed by atoms with Gasteiger partial charge in [-0.15, -0.1) is 0 Å². The van der Waals surface area contributed by atoms with Crippen molar-refractivity contribution in [2.75, 3.05) is 0 Å². The van der Waals surface area contributed by atoms with Crippen molar-refractivity contribution in [3.8, 4) is 0 Å². The highest BCUT2D eigenvalue weighted by molar-refractivity contribution is 5.74. The first-order valence-corrected chi connectivity index (χ1v) is 4.69. The molecule has 0 spiro atoms. The van der Waals surface area contributed by atoms with Crippen molar-refractivity contribution in [3.63, 3.8) is 0 Å². The van der Waals surface area contributed by atoms with E-state index in [2.05, 4.69) is 4.98 Å². The van der Waals surface area contributed by atoms with Crippen molar-refractivity contribution < 1.29 is 0 Å². The van der Waals surface area contributed by atoms with Gasteiger partial charge in [0.2, 0.25) is 0 Å². The van der Waals surface area contributed by atoms with E-state index >= 15 is 0 Å². The lowest BCUT2D eigenvalue weighted by Gasteiger charge is -2.10. The number of pyridine rings is 2. The van der Waals surface area contributed by atoms with Crippen molar-refractivity contribution in [2.45, 2.75) is 20.4 Å². The number of hydrogen-bond acceptors (Lipinski definition) is 2. The first-order valence-electron chi connectivity index (χ1n) is 4.69. The SMILES string of the molecule is CCn1c(C)cc(=O)c2cccnc21. The number of aromatic nitrogens is 2. The van der Waals surface area contributed by atoms with Gasteiger partial charge in [-0.05, 0) is 26.0 Å². The molecular weight excluding hydrogens is 176 g/mol. The van der Waals surface area contributed by atoms with Gasteiger partial charge in [-0.1, -0.05) is 0 Å². The Kier molecular flexibility index (Phi) is 2.08. The van der Waals surface area contributed by atoms with Crippen molar-refractivity contribution in [2.24, 2.45) is 0 Å². The van der Waals surface area contributed by atoms with E-state index in [-0.39, 0.29) is 5.43 Å². The van der Waals surface area contributed by atoms with E-state index in [4.69, 9.17) is 0 Å². The molecule has 2 aromatic heterocycles. The Morgan fingerprint density at radius 1 is 1.50 bits per heavy atom. The van der Waals surface area contributed by atoms with Crippen molar-refractivity contribution in [3.05, 3.63) is 40.3 Å². The highest BCUT2D eigenvalue weighted by atomic mass is 16.1. The largest absolute Gasteiger partial charge is 0.330 e. The van der Waals surface area contributed by atoms with Crippen LogP contribution in [0.1, 0.15) is 12.6 Å². The molecule has 0 fully saturated rings. The standard InChI is InChI=1S/C11H12N2O/c1-3-13-8(2)7-10(14)9-5-4-6-12-11(9)13/h4-7H,3H2,1-2H3. The quantitative estimate of drug-likeness (QED) is 0.683. The van der Waals surface area contributed by atoms with E-state index in [9.17, 15) is 4.79 Å². The molecule has 0 amide bonds. The molecule has 0 aliphatic carbocycles. The molecule has 0 radical (unpaired) electrons. The molecule has 2 rings (SSSR count). The zero-order valence-electron chi connectivity index (χ0n) is 8.32. The van der Waals surface area contributed by atoms with Gasteiger partial charge in [0, 0.05) is 24.5 Å². The Labute approximate surface area is 82.0 Å². The molecule has 0 atom stereocenters. The molecule has 0 bridgehead atoms. The smallest absolute Gasteiger partial charge is 0.191 e. The maximum Gasteiger partial charge on any atom is 0.191 e. The molecule has 0 aliphatic heterocycles. The topological polar surface area (TPSA) is 34.9 Å². The summed E-state index contributed by atoms with van der Waals surface area (Å²) < 4.78 is 2.04. The molecule has 2 heterocycles. The van der Waals surface area contributed by atoms with Crippen LogP contribution in [0.25, 0.3) is 11.0 Å². The third-order valence-corrected chi connectivity index (χ3v) is 2.39. The summed E-state index contributed by atoms with van der Waals surface area (Å²) >= 11 is 0. The van der Waals surface area contributed by atoms with E-state index in [1.807, 2.05) is 24.5 Å². The second-order valence-electron chi connectivity index (χ2n) is 3.27. The van der Waals surface area contributed by atoms with Crippen molar-refractivity contribution in [1.29, 1.82) is 0 Å². The number of fused-ring (bicyclic) bond motifs is 1. The van der Waals surface area contributed by atoms with Gasteiger partial charge in [0.1, 0.15) is 5.65 Å². The Morgan fingerprint density at radius 3 is 3.00 bits per heavy atom. The third kappa shape index (κ3) is 1.21. The van der Waals surface area contributed by atoms with Crippen LogP contribution in [0.4, 0.5) is 0 Å². The average molecular weight is 188 g/mol. The van der Waals surface area contributed by atoms with Crippen LogP contribution in [-0.4, -0.2) is 9.55 Å². The number of hydrogen-bond donors (Lipinski definition) is 0. The normalized spacial score (nSPS) is 10.7. The van der Waals surface area contributed by atoms with Crippen LogP contribution in [0.2, 0.25) is 0 Å². The molecule has 0 N–H and O–H groups in total.